The van der Waals surface area contributed by atoms with Crippen molar-refractivity contribution >= 4 is 12.0 Å². The van der Waals surface area contributed by atoms with Gasteiger partial charge in [-0.15, -0.1) is 0 Å². The molecule has 4 fully saturated rings. The number of nitrogens with one attached hydrogen (secondary N) is 2. The Labute approximate surface area is 219 Å². The predicted molar refractivity (Wildman–Crippen MR) is 139 cm³/mol. The van der Waals surface area contributed by atoms with Crippen molar-refractivity contribution in [2.75, 3.05) is 26.4 Å². The second-order valence-electron chi connectivity index (χ2n) is 11.9. The maximum absolute atomic E-state index is 13.3. The van der Waals surface area contributed by atoms with Gasteiger partial charge in [-0.05, 0) is 95.2 Å². The van der Waals surface area contributed by atoms with Crippen LogP contribution in [0.25, 0.3) is 0 Å². The number of benzene rings is 1. The van der Waals surface area contributed by atoms with Gasteiger partial charge in [0.05, 0.1) is 6.33 Å². The zero-order valence-electron chi connectivity index (χ0n) is 22.4. The highest BCUT2D eigenvalue weighted by atomic mass is 19.1. The van der Waals surface area contributed by atoms with Gasteiger partial charge in [-0.25, -0.2) is 9.18 Å². The summed E-state index contributed by atoms with van der Waals surface area (Å²) in [6.45, 7) is 6.73. The average Bonchev–Trinajstić information content (AvgIpc) is 2.89. The number of amides is 2. The largest absolute Gasteiger partial charge is 0.489 e. The standard InChI is InChI=1S/C29H41FN2O5/c1-27(2,3)37-26(34)31-19-21(18-30)20-36-24-6-4-23(5-7-24)28-10-13-29(14-11-28,15-12-28)32-25(33)22-8-16-35-17-9-22/h4-7,18,22H,8-17,19-20H2,1-3H3,(H,31,34)(H,32,33)/b21-18+. The molecular weight excluding hydrogens is 475 g/mol. The number of halogens is 1. The topological polar surface area (TPSA) is 85.9 Å². The van der Waals surface area contributed by atoms with Crippen molar-refractivity contribution in [3.63, 3.8) is 0 Å². The van der Waals surface area contributed by atoms with Gasteiger partial charge in [0, 0.05) is 36.8 Å². The molecule has 3 saturated carbocycles. The van der Waals surface area contributed by atoms with Crippen LogP contribution < -0.4 is 15.4 Å². The van der Waals surface area contributed by atoms with E-state index >= 15 is 0 Å². The van der Waals surface area contributed by atoms with Crippen LogP contribution in [0.3, 0.4) is 0 Å². The van der Waals surface area contributed by atoms with Gasteiger partial charge in [0.1, 0.15) is 18.0 Å². The van der Waals surface area contributed by atoms with E-state index in [2.05, 4.69) is 22.8 Å². The van der Waals surface area contributed by atoms with Crippen LogP contribution in [0.15, 0.2) is 36.2 Å². The molecule has 2 bridgehead atoms. The van der Waals surface area contributed by atoms with E-state index in [0.29, 0.717) is 30.9 Å². The summed E-state index contributed by atoms with van der Waals surface area (Å²) in [6, 6.07) is 8.10. The van der Waals surface area contributed by atoms with Crippen molar-refractivity contribution in [3.05, 3.63) is 41.7 Å². The molecule has 1 aliphatic heterocycles. The van der Waals surface area contributed by atoms with Gasteiger partial charge in [-0.2, -0.15) is 0 Å². The van der Waals surface area contributed by atoms with E-state index in [1.807, 2.05) is 12.1 Å². The Bertz CT molecular complexity index is 954. The van der Waals surface area contributed by atoms with Gasteiger partial charge >= 0.3 is 6.09 Å². The molecule has 0 atom stereocenters. The van der Waals surface area contributed by atoms with Crippen LogP contribution in [-0.2, 0) is 19.7 Å². The minimum Gasteiger partial charge on any atom is -0.489 e. The summed E-state index contributed by atoms with van der Waals surface area (Å²) in [5, 5.41) is 5.99. The molecule has 0 spiro atoms. The lowest BCUT2D eigenvalue weighted by molar-refractivity contribution is -0.131. The van der Waals surface area contributed by atoms with Crippen molar-refractivity contribution in [1.29, 1.82) is 0 Å². The number of rotatable bonds is 8. The van der Waals surface area contributed by atoms with Gasteiger partial charge in [-0.3, -0.25) is 4.79 Å². The number of carbonyl (C=O) groups excluding carboxylic acids is 2. The van der Waals surface area contributed by atoms with Gasteiger partial charge < -0.3 is 24.8 Å². The molecule has 37 heavy (non-hydrogen) atoms. The lowest BCUT2D eigenvalue weighted by atomic mass is 9.55. The molecule has 5 rings (SSSR count). The molecule has 204 valence electrons. The van der Waals surface area contributed by atoms with E-state index in [0.717, 1.165) is 51.4 Å². The summed E-state index contributed by atoms with van der Waals surface area (Å²) in [7, 11) is 0. The van der Waals surface area contributed by atoms with Crippen LogP contribution in [0.5, 0.6) is 5.75 Å². The van der Waals surface area contributed by atoms with Gasteiger partial charge in [-0.1, -0.05) is 12.1 Å². The zero-order chi connectivity index (χ0) is 26.5. The first-order valence-corrected chi connectivity index (χ1v) is 13.5. The van der Waals surface area contributed by atoms with Crippen molar-refractivity contribution in [1.82, 2.24) is 10.6 Å². The highest BCUT2D eigenvalue weighted by Crippen LogP contribution is 2.53. The molecule has 8 heteroatoms. The molecule has 0 unspecified atom stereocenters. The Morgan fingerprint density at radius 1 is 1.05 bits per heavy atom. The molecule has 3 aliphatic carbocycles. The van der Waals surface area contributed by atoms with Crippen LogP contribution in [0.4, 0.5) is 9.18 Å². The van der Waals surface area contributed by atoms with Crippen molar-refractivity contribution in [2.45, 2.75) is 88.7 Å². The van der Waals surface area contributed by atoms with Crippen LogP contribution in [-0.4, -0.2) is 49.5 Å². The third-order valence-corrected chi connectivity index (χ3v) is 8.13. The molecule has 0 aromatic heterocycles. The molecule has 4 aliphatic rings. The number of alkyl carbamates (subject to hydrolysis) is 1. The second-order valence-corrected chi connectivity index (χ2v) is 11.9. The first-order valence-electron chi connectivity index (χ1n) is 13.5. The maximum atomic E-state index is 13.3. The molecule has 0 radical (unpaired) electrons. The van der Waals surface area contributed by atoms with Gasteiger partial charge in [0.15, 0.2) is 0 Å². The highest BCUT2D eigenvalue weighted by Gasteiger charge is 2.50. The van der Waals surface area contributed by atoms with Crippen LogP contribution in [0, 0.1) is 5.92 Å². The lowest BCUT2D eigenvalue weighted by Crippen LogP contribution is -2.59. The third-order valence-electron chi connectivity index (χ3n) is 8.13. The molecule has 2 amide bonds. The fourth-order valence-corrected chi connectivity index (χ4v) is 5.83. The maximum Gasteiger partial charge on any atom is 0.407 e. The number of hydrogen-bond acceptors (Lipinski definition) is 5. The Morgan fingerprint density at radius 2 is 1.68 bits per heavy atom. The molecule has 2 N–H and O–H groups in total. The summed E-state index contributed by atoms with van der Waals surface area (Å²) in [4.78, 5) is 24.7. The Morgan fingerprint density at radius 3 is 2.24 bits per heavy atom. The molecule has 1 heterocycles. The van der Waals surface area contributed by atoms with Crippen molar-refractivity contribution < 1.29 is 28.2 Å². The Balaban J connectivity index is 1.26. The summed E-state index contributed by atoms with van der Waals surface area (Å²) in [5.41, 5.74) is 1.09. The molecular formula is C29H41FN2O5. The minimum absolute atomic E-state index is 0.0133. The molecule has 1 saturated heterocycles. The van der Waals surface area contributed by atoms with Crippen molar-refractivity contribution in [3.8, 4) is 5.75 Å². The SMILES string of the molecule is CC(C)(C)OC(=O)NC/C(=C\F)COc1ccc(C23CCC(NC(=O)C4CCOCC4)(CC2)CC3)cc1. The Hall–Kier alpha value is -2.61. The van der Waals surface area contributed by atoms with E-state index < -0.39 is 11.7 Å². The normalized spacial score (nSPS) is 26.4. The zero-order valence-corrected chi connectivity index (χ0v) is 22.4. The average molecular weight is 517 g/mol. The van der Waals surface area contributed by atoms with E-state index in [9.17, 15) is 14.0 Å². The number of hydrogen-bond donors (Lipinski definition) is 2. The minimum atomic E-state index is -0.613. The first-order chi connectivity index (χ1) is 17.6. The van der Waals surface area contributed by atoms with E-state index in [1.54, 1.807) is 20.8 Å². The quantitative estimate of drug-likeness (QED) is 0.488. The molecule has 7 nitrogen and oxygen atoms in total. The van der Waals surface area contributed by atoms with Gasteiger partial charge in [0.2, 0.25) is 5.91 Å². The Kier molecular flexibility index (Phi) is 8.46. The first kappa shape index (κ1) is 27.4. The second kappa shape index (κ2) is 11.4. The number of fused-ring (bicyclic) bond motifs is 3. The van der Waals surface area contributed by atoms with Gasteiger partial charge in [0.25, 0.3) is 0 Å². The van der Waals surface area contributed by atoms with E-state index in [-0.39, 0.29) is 35.9 Å². The third kappa shape index (κ3) is 7.03. The smallest absolute Gasteiger partial charge is 0.407 e. The van der Waals surface area contributed by atoms with E-state index in [1.165, 1.54) is 5.56 Å². The summed E-state index contributed by atoms with van der Waals surface area (Å²) < 4.78 is 29.7. The number of ether oxygens (including phenoxy) is 3. The lowest BCUT2D eigenvalue weighted by Gasteiger charge is -2.54. The van der Waals surface area contributed by atoms with Crippen molar-refractivity contribution in [2.24, 2.45) is 5.92 Å². The summed E-state index contributed by atoms with van der Waals surface area (Å²) in [5.74, 6) is 0.953. The molecule has 1 aromatic rings. The molecule has 1 aromatic carbocycles. The monoisotopic (exact) mass is 516 g/mol. The fraction of sp³-hybridized carbons (Fsp3) is 0.655. The predicted octanol–water partition coefficient (Wildman–Crippen LogP) is 5.33. The highest BCUT2D eigenvalue weighted by molar-refractivity contribution is 5.79. The van der Waals surface area contributed by atoms with Crippen LogP contribution >= 0.6 is 0 Å². The van der Waals surface area contributed by atoms with Crippen LogP contribution in [0.2, 0.25) is 0 Å². The van der Waals surface area contributed by atoms with Crippen LogP contribution in [0.1, 0.15) is 77.7 Å². The summed E-state index contributed by atoms with van der Waals surface area (Å²) >= 11 is 0. The summed E-state index contributed by atoms with van der Waals surface area (Å²) in [6.07, 6.45) is 7.72. The van der Waals surface area contributed by atoms with E-state index in [4.69, 9.17) is 14.2 Å². The fourth-order valence-electron chi connectivity index (χ4n) is 5.83. The number of carbonyl (C=O) groups is 2.